The number of carbonyl (C=O) groups is 1. The molecule has 3 N–H and O–H groups in total. The highest BCUT2D eigenvalue weighted by Gasteiger charge is 2.52. The Hall–Kier alpha value is -2.49. The third kappa shape index (κ3) is 5.37. The normalized spacial score (nSPS) is 26.8. The van der Waals surface area contributed by atoms with Crippen LogP contribution in [0.3, 0.4) is 0 Å². The van der Waals surface area contributed by atoms with Crippen LogP contribution < -0.4 is 15.4 Å². The van der Waals surface area contributed by atoms with Crippen molar-refractivity contribution in [1.82, 2.24) is 4.72 Å². The van der Waals surface area contributed by atoms with Crippen LogP contribution in [-0.2, 0) is 14.8 Å². The van der Waals surface area contributed by atoms with Crippen LogP contribution in [0.5, 0.6) is 0 Å². The van der Waals surface area contributed by atoms with Gasteiger partial charge in [0.2, 0.25) is 10.0 Å². The lowest BCUT2D eigenvalue weighted by Crippen LogP contribution is -2.59. The first-order valence-corrected chi connectivity index (χ1v) is 14.1. The molecule has 4 aliphatic carbocycles. The number of thiocarbonyl (C=S) groups is 1. The van der Waals surface area contributed by atoms with Gasteiger partial charge in [0.15, 0.2) is 5.11 Å². The van der Waals surface area contributed by atoms with Gasteiger partial charge < -0.3 is 15.4 Å². The van der Waals surface area contributed by atoms with Crippen molar-refractivity contribution in [1.29, 1.82) is 0 Å². The summed E-state index contributed by atoms with van der Waals surface area (Å²) < 4.78 is 34.5. The van der Waals surface area contributed by atoms with Crippen LogP contribution in [0.25, 0.3) is 0 Å². The molecule has 2 aromatic carbocycles. The fraction of sp³-hybridized carbons (Fsp3) is 0.462. The Labute approximate surface area is 212 Å². The van der Waals surface area contributed by atoms with E-state index in [1.165, 1.54) is 19.3 Å². The van der Waals surface area contributed by atoms with E-state index in [-0.39, 0.29) is 16.4 Å². The second-order valence-corrected chi connectivity index (χ2v) is 12.3. The van der Waals surface area contributed by atoms with Crippen molar-refractivity contribution in [3.63, 3.8) is 0 Å². The van der Waals surface area contributed by atoms with Crippen molar-refractivity contribution in [3.05, 3.63) is 54.1 Å². The zero-order valence-corrected chi connectivity index (χ0v) is 21.4. The molecule has 186 valence electrons. The average Bonchev–Trinajstić information content (AvgIpc) is 2.78. The summed E-state index contributed by atoms with van der Waals surface area (Å²) in [6.45, 7) is 2.09. The van der Waals surface area contributed by atoms with Gasteiger partial charge in [-0.15, -0.1) is 0 Å². The second-order valence-electron chi connectivity index (χ2n) is 10.2. The quantitative estimate of drug-likeness (QED) is 0.357. The maximum Gasteiger partial charge on any atom is 0.338 e. The van der Waals surface area contributed by atoms with E-state index in [0.29, 0.717) is 40.7 Å². The molecule has 4 aliphatic rings. The summed E-state index contributed by atoms with van der Waals surface area (Å²) in [6, 6.07) is 13.5. The van der Waals surface area contributed by atoms with E-state index in [1.54, 1.807) is 55.5 Å². The van der Waals surface area contributed by atoms with E-state index in [1.807, 2.05) is 0 Å². The van der Waals surface area contributed by atoms with Gasteiger partial charge in [-0.3, -0.25) is 0 Å². The molecule has 4 saturated carbocycles. The summed E-state index contributed by atoms with van der Waals surface area (Å²) in [6.07, 6.45) is 6.72. The molecule has 0 unspecified atom stereocenters. The number of benzene rings is 2. The van der Waals surface area contributed by atoms with Gasteiger partial charge in [-0.1, -0.05) is 0 Å². The Morgan fingerprint density at radius 3 is 1.89 bits per heavy atom. The van der Waals surface area contributed by atoms with Crippen molar-refractivity contribution < 1.29 is 17.9 Å². The molecular formula is C26H31N3O4S2. The number of esters is 1. The van der Waals surface area contributed by atoms with Crippen LogP contribution in [0.4, 0.5) is 11.4 Å². The summed E-state index contributed by atoms with van der Waals surface area (Å²) in [4.78, 5) is 12.0. The predicted octanol–water partition coefficient (Wildman–Crippen LogP) is 4.92. The van der Waals surface area contributed by atoms with Crippen LogP contribution in [0.15, 0.2) is 53.4 Å². The molecule has 0 aliphatic heterocycles. The molecule has 4 fully saturated rings. The summed E-state index contributed by atoms with van der Waals surface area (Å²) >= 11 is 5.38. The Kier molecular flexibility index (Phi) is 6.59. The third-order valence-electron chi connectivity index (χ3n) is 7.47. The van der Waals surface area contributed by atoms with E-state index in [4.69, 9.17) is 17.0 Å². The first kappa shape index (κ1) is 24.2. The van der Waals surface area contributed by atoms with E-state index in [9.17, 15) is 13.2 Å². The molecule has 0 radical (unpaired) electrons. The summed E-state index contributed by atoms with van der Waals surface area (Å²) in [5.41, 5.74) is 1.60. The number of carbonyl (C=O) groups excluding carboxylic acids is 1. The van der Waals surface area contributed by atoms with E-state index in [0.717, 1.165) is 24.9 Å². The largest absolute Gasteiger partial charge is 0.462 e. The fourth-order valence-electron chi connectivity index (χ4n) is 6.49. The molecule has 7 nitrogen and oxygen atoms in total. The SMILES string of the molecule is CCOC(=O)c1ccc(NC(=S)Nc2ccc(S(=O)(=O)NC34CC5CC(CC(C5)C3)C4)cc2)cc1. The summed E-state index contributed by atoms with van der Waals surface area (Å²) in [5.74, 6) is 1.65. The number of hydrogen-bond acceptors (Lipinski definition) is 5. The molecule has 0 amide bonds. The summed E-state index contributed by atoms with van der Waals surface area (Å²) in [7, 11) is -3.60. The molecule has 0 spiro atoms. The highest BCUT2D eigenvalue weighted by atomic mass is 32.2. The maximum atomic E-state index is 13.2. The first-order valence-electron chi connectivity index (χ1n) is 12.2. The first-order chi connectivity index (χ1) is 16.7. The molecule has 2 aromatic rings. The molecule has 6 rings (SSSR count). The Bertz CT molecular complexity index is 1170. The van der Waals surface area contributed by atoms with Crippen LogP contribution in [0.2, 0.25) is 0 Å². The number of sulfonamides is 1. The minimum absolute atomic E-state index is 0.265. The summed E-state index contributed by atoms with van der Waals surface area (Å²) in [5, 5.41) is 6.48. The monoisotopic (exact) mass is 513 g/mol. The van der Waals surface area contributed by atoms with Gasteiger partial charge in [0.05, 0.1) is 17.1 Å². The predicted molar refractivity (Wildman–Crippen MR) is 140 cm³/mol. The van der Waals surface area contributed by atoms with Crippen molar-refractivity contribution in [3.8, 4) is 0 Å². The van der Waals surface area contributed by atoms with E-state index < -0.39 is 10.0 Å². The van der Waals surface area contributed by atoms with Gasteiger partial charge in [-0.25, -0.2) is 17.9 Å². The lowest BCUT2D eigenvalue weighted by atomic mass is 9.53. The van der Waals surface area contributed by atoms with E-state index in [2.05, 4.69) is 15.4 Å². The molecule has 35 heavy (non-hydrogen) atoms. The van der Waals surface area contributed by atoms with Gasteiger partial charge in [0, 0.05) is 16.9 Å². The molecular weight excluding hydrogens is 482 g/mol. The Morgan fingerprint density at radius 1 is 0.914 bits per heavy atom. The molecule has 0 aromatic heterocycles. The number of rotatable bonds is 7. The molecule has 0 saturated heterocycles. The van der Waals surface area contributed by atoms with Gasteiger partial charge in [0.25, 0.3) is 0 Å². The molecule has 9 heteroatoms. The number of nitrogens with one attached hydrogen (secondary N) is 3. The minimum Gasteiger partial charge on any atom is -0.462 e. The lowest BCUT2D eigenvalue weighted by molar-refractivity contribution is -0.00810. The molecule has 0 atom stereocenters. The van der Waals surface area contributed by atoms with Crippen molar-refractivity contribution in [2.75, 3.05) is 17.2 Å². The van der Waals surface area contributed by atoms with Crippen LogP contribution in [0.1, 0.15) is 55.8 Å². The zero-order chi connectivity index (χ0) is 24.6. The van der Waals surface area contributed by atoms with Gasteiger partial charge in [-0.2, -0.15) is 0 Å². The van der Waals surface area contributed by atoms with Crippen molar-refractivity contribution >= 4 is 44.7 Å². The molecule has 0 heterocycles. The second kappa shape index (κ2) is 9.52. The smallest absolute Gasteiger partial charge is 0.338 e. The van der Waals surface area contributed by atoms with Crippen LogP contribution in [0, 0.1) is 17.8 Å². The highest BCUT2D eigenvalue weighted by Crippen LogP contribution is 2.56. The number of hydrogen-bond donors (Lipinski definition) is 3. The Morgan fingerprint density at radius 2 is 1.40 bits per heavy atom. The minimum atomic E-state index is -3.60. The standard InChI is InChI=1S/C26H31N3O4S2/c1-2-33-24(30)20-3-5-21(6-4-20)27-25(34)28-22-7-9-23(10-8-22)35(31,32)29-26-14-17-11-18(15-26)13-19(12-17)16-26/h3-10,17-19,29H,2,11-16H2,1H3,(H2,27,28,34). The zero-order valence-electron chi connectivity index (χ0n) is 19.8. The van der Waals surface area contributed by atoms with Crippen molar-refractivity contribution in [2.24, 2.45) is 17.8 Å². The number of anilines is 2. The number of ether oxygens (including phenoxy) is 1. The maximum absolute atomic E-state index is 13.2. The Balaban J connectivity index is 1.19. The highest BCUT2D eigenvalue weighted by molar-refractivity contribution is 7.89. The fourth-order valence-corrected chi connectivity index (χ4v) is 8.16. The topological polar surface area (TPSA) is 96.5 Å². The van der Waals surface area contributed by atoms with Gasteiger partial charge >= 0.3 is 5.97 Å². The van der Waals surface area contributed by atoms with Crippen LogP contribution >= 0.6 is 12.2 Å². The third-order valence-corrected chi connectivity index (χ3v) is 9.26. The van der Waals surface area contributed by atoms with Crippen molar-refractivity contribution in [2.45, 2.75) is 55.9 Å². The van der Waals surface area contributed by atoms with Gasteiger partial charge in [-0.05, 0) is 124 Å². The average molecular weight is 514 g/mol. The lowest BCUT2D eigenvalue weighted by Gasteiger charge is -2.56. The van der Waals surface area contributed by atoms with Crippen LogP contribution in [-0.4, -0.2) is 31.6 Å². The van der Waals surface area contributed by atoms with Gasteiger partial charge in [0.1, 0.15) is 0 Å². The van der Waals surface area contributed by atoms with E-state index >= 15 is 0 Å². The molecule has 4 bridgehead atoms.